The molecular formula is C23H36N4OS+2. The molecule has 0 spiro atoms. The van der Waals surface area contributed by atoms with Crippen molar-refractivity contribution in [3.8, 4) is 11.3 Å². The smallest absolute Gasteiger partial charge is 0.275 e. The highest BCUT2D eigenvalue weighted by Crippen LogP contribution is 2.22. The number of carbonyl (C=O) groups is 1. The number of carbonyl (C=O) groups excluding carboxylic acids is 1. The van der Waals surface area contributed by atoms with Crippen LogP contribution in [0.4, 0.5) is 0 Å². The molecule has 5 nitrogen and oxygen atoms in total. The Morgan fingerprint density at radius 2 is 1.76 bits per heavy atom. The lowest BCUT2D eigenvalue weighted by Crippen LogP contribution is -3.28. The zero-order chi connectivity index (χ0) is 20.9. The molecule has 1 aromatic carbocycles. The van der Waals surface area contributed by atoms with Crippen molar-refractivity contribution < 1.29 is 14.6 Å². The van der Waals surface area contributed by atoms with E-state index >= 15 is 0 Å². The molecule has 2 aromatic rings. The molecule has 2 heterocycles. The maximum absolute atomic E-state index is 12.1. The lowest BCUT2D eigenvalue weighted by molar-refractivity contribution is -1.02. The van der Waals surface area contributed by atoms with Crippen LogP contribution in [0.5, 0.6) is 0 Å². The van der Waals surface area contributed by atoms with Crippen LogP contribution >= 0.6 is 11.3 Å². The molecule has 1 fully saturated rings. The minimum atomic E-state index is -0.150. The van der Waals surface area contributed by atoms with Crippen LogP contribution in [0.1, 0.15) is 44.7 Å². The zero-order valence-corrected chi connectivity index (χ0v) is 19.1. The van der Waals surface area contributed by atoms with E-state index in [0.29, 0.717) is 6.54 Å². The number of aromatic nitrogens is 1. The molecule has 3 rings (SSSR count). The highest BCUT2D eigenvalue weighted by atomic mass is 32.1. The Kier molecular flexibility index (Phi) is 7.44. The largest absolute Gasteiger partial charge is 0.347 e. The number of hydrogen-bond donors (Lipinski definition) is 3. The van der Waals surface area contributed by atoms with Crippen LogP contribution in [-0.4, -0.2) is 49.2 Å². The van der Waals surface area contributed by atoms with E-state index in [1.807, 2.05) is 20.8 Å². The monoisotopic (exact) mass is 416 g/mol. The molecule has 1 aliphatic heterocycles. The van der Waals surface area contributed by atoms with Gasteiger partial charge in [-0.05, 0) is 32.8 Å². The van der Waals surface area contributed by atoms with E-state index in [-0.39, 0.29) is 11.4 Å². The summed E-state index contributed by atoms with van der Waals surface area (Å²) >= 11 is 1.77. The predicted molar refractivity (Wildman–Crippen MR) is 119 cm³/mol. The molecule has 0 unspecified atom stereocenters. The molecule has 0 aliphatic carbocycles. The molecular weight excluding hydrogens is 380 g/mol. The molecule has 1 amide bonds. The number of piperazine rings is 1. The van der Waals surface area contributed by atoms with E-state index in [1.54, 1.807) is 16.2 Å². The van der Waals surface area contributed by atoms with Crippen LogP contribution in [0.2, 0.25) is 0 Å². The average molecular weight is 417 g/mol. The van der Waals surface area contributed by atoms with E-state index in [4.69, 9.17) is 4.98 Å². The number of quaternary nitrogens is 2. The Labute approximate surface area is 179 Å². The molecule has 29 heavy (non-hydrogen) atoms. The summed E-state index contributed by atoms with van der Waals surface area (Å²) in [4.78, 5) is 20.0. The molecule has 3 N–H and O–H groups in total. The highest BCUT2D eigenvalue weighted by Gasteiger charge is 2.26. The standard InChI is InChI=1S/C23H34N4OS/c1-5-6-18-7-9-19(10-8-18)20-17-29-22(24-20)16-27-13-11-26(12-14-27)15-21(28)25-23(2,3)4/h7-10,17H,5-6,11-16H2,1-4H3,(H,25,28)/p+2. The molecule has 1 aliphatic rings. The van der Waals surface area contributed by atoms with Crippen molar-refractivity contribution in [2.75, 3.05) is 32.7 Å². The first-order valence-electron chi connectivity index (χ1n) is 10.8. The van der Waals surface area contributed by atoms with Crippen molar-refractivity contribution in [3.05, 3.63) is 40.2 Å². The summed E-state index contributed by atoms with van der Waals surface area (Å²) in [6, 6.07) is 8.84. The second-order valence-electron chi connectivity index (χ2n) is 9.23. The summed E-state index contributed by atoms with van der Waals surface area (Å²) in [5.74, 6) is 0.158. The summed E-state index contributed by atoms with van der Waals surface area (Å²) in [6.07, 6.45) is 2.32. The summed E-state index contributed by atoms with van der Waals surface area (Å²) < 4.78 is 0. The fourth-order valence-corrected chi connectivity index (χ4v) is 4.74. The minimum Gasteiger partial charge on any atom is -0.347 e. The van der Waals surface area contributed by atoms with Gasteiger partial charge in [-0.1, -0.05) is 37.6 Å². The van der Waals surface area contributed by atoms with E-state index < -0.39 is 0 Å². The maximum Gasteiger partial charge on any atom is 0.275 e. The zero-order valence-electron chi connectivity index (χ0n) is 18.3. The maximum atomic E-state index is 12.1. The van der Waals surface area contributed by atoms with Crippen LogP contribution in [0.15, 0.2) is 29.6 Å². The first-order chi connectivity index (χ1) is 13.8. The van der Waals surface area contributed by atoms with Crippen LogP contribution in [-0.2, 0) is 17.8 Å². The fraction of sp³-hybridized carbons (Fsp3) is 0.565. The number of hydrogen-bond acceptors (Lipinski definition) is 3. The van der Waals surface area contributed by atoms with Gasteiger partial charge >= 0.3 is 0 Å². The van der Waals surface area contributed by atoms with Crippen LogP contribution < -0.4 is 15.1 Å². The van der Waals surface area contributed by atoms with Crippen molar-refractivity contribution >= 4 is 17.2 Å². The third-order valence-corrected chi connectivity index (χ3v) is 6.18. The van der Waals surface area contributed by atoms with Crippen LogP contribution in [0.3, 0.4) is 0 Å². The molecule has 1 saturated heterocycles. The van der Waals surface area contributed by atoms with E-state index in [9.17, 15) is 4.79 Å². The van der Waals surface area contributed by atoms with Gasteiger partial charge in [0.05, 0.1) is 5.69 Å². The third kappa shape index (κ3) is 6.91. The van der Waals surface area contributed by atoms with E-state index in [2.05, 4.69) is 41.9 Å². The molecule has 0 bridgehead atoms. The summed E-state index contributed by atoms with van der Waals surface area (Å²) in [7, 11) is 0. The third-order valence-electron chi connectivity index (χ3n) is 5.33. The van der Waals surface area contributed by atoms with Gasteiger partial charge < -0.3 is 15.1 Å². The van der Waals surface area contributed by atoms with Crippen LogP contribution in [0, 0.1) is 0 Å². The Bertz CT molecular complexity index is 786. The van der Waals surface area contributed by atoms with E-state index in [0.717, 1.165) is 44.8 Å². The summed E-state index contributed by atoms with van der Waals surface area (Å²) in [5.41, 5.74) is 3.55. The Morgan fingerprint density at radius 1 is 1.10 bits per heavy atom. The quantitative estimate of drug-likeness (QED) is 0.630. The summed E-state index contributed by atoms with van der Waals surface area (Å²) in [5, 5.41) is 6.46. The molecule has 0 saturated carbocycles. The molecule has 1 aromatic heterocycles. The average Bonchev–Trinajstić information content (AvgIpc) is 3.11. The lowest BCUT2D eigenvalue weighted by atomic mass is 10.1. The molecule has 6 heteroatoms. The Balaban J connectivity index is 1.47. The van der Waals surface area contributed by atoms with Gasteiger partial charge in [0.25, 0.3) is 5.91 Å². The number of rotatable bonds is 7. The minimum absolute atomic E-state index is 0.150. The van der Waals surface area contributed by atoms with Gasteiger partial charge in [-0.15, -0.1) is 11.3 Å². The predicted octanol–water partition coefficient (Wildman–Crippen LogP) is 0.961. The second kappa shape index (κ2) is 9.83. The van der Waals surface area contributed by atoms with Crippen molar-refractivity contribution in [3.63, 3.8) is 0 Å². The first-order valence-corrected chi connectivity index (χ1v) is 11.7. The van der Waals surface area contributed by atoms with Crippen molar-refractivity contribution in [1.29, 1.82) is 0 Å². The molecule has 158 valence electrons. The second-order valence-corrected chi connectivity index (χ2v) is 10.2. The number of benzene rings is 1. The van der Waals surface area contributed by atoms with Gasteiger partial charge in [-0.25, -0.2) is 4.98 Å². The van der Waals surface area contributed by atoms with Crippen molar-refractivity contribution in [2.45, 2.75) is 52.6 Å². The Hall–Kier alpha value is -1.76. The number of amides is 1. The Morgan fingerprint density at radius 3 is 2.38 bits per heavy atom. The number of nitrogens with one attached hydrogen (secondary N) is 3. The number of aryl methyl sites for hydroxylation is 1. The van der Waals surface area contributed by atoms with Gasteiger partial charge in [-0.2, -0.15) is 0 Å². The SMILES string of the molecule is CCCc1ccc(-c2csc(C[NH+]3CC[NH+](CC(=O)NC(C)(C)C)CC3)n2)cc1. The molecule has 0 atom stereocenters. The fourth-order valence-electron chi connectivity index (χ4n) is 3.87. The first kappa shape index (κ1) is 21.9. The normalized spacial score (nSPS) is 19.9. The van der Waals surface area contributed by atoms with Gasteiger partial charge in [-0.3, -0.25) is 4.79 Å². The highest BCUT2D eigenvalue weighted by molar-refractivity contribution is 7.09. The van der Waals surface area contributed by atoms with Gasteiger partial charge in [0, 0.05) is 16.5 Å². The lowest BCUT2D eigenvalue weighted by Gasteiger charge is -2.29. The molecule has 0 radical (unpaired) electrons. The van der Waals surface area contributed by atoms with Gasteiger partial charge in [0.1, 0.15) is 37.7 Å². The van der Waals surface area contributed by atoms with Crippen molar-refractivity contribution in [2.24, 2.45) is 0 Å². The summed E-state index contributed by atoms with van der Waals surface area (Å²) in [6.45, 7) is 14.2. The number of thiazole rings is 1. The topological polar surface area (TPSA) is 50.9 Å². The van der Waals surface area contributed by atoms with Gasteiger partial charge in [0.15, 0.2) is 6.54 Å². The van der Waals surface area contributed by atoms with Gasteiger partial charge in [0.2, 0.25) is 0 Å². The van der Waals surface area contributed by atoms with Crippen molar-refractivity contribution in [1.82, 2.24) is 10.3 Å². The number of nitrogens with zero attached hydrogens (tertiary/aromatic N) is 1. The van der Waals surface area contributed by atoms with Crippen LogP contribution in [0.25, 0.3) is 11.3 Å². The van der Waals surface area contributed by atoms with E-state index in [1.165, 1.54) is 27.5 Å².